The van der Waals surface area contributed by atoms with Crippen molar-refractivity contribution in [3.63, 3.8) is 0 Å². The van der Waals surface area contributed by atoms with E-state index in [2.05, 4.69) is 30.9 Å². The van der Waals surface area contributed by atoms with Crippen LogP contribution < -0.4 is 0 Å². The molecule has 0 spiro atoms. The topological polar surface area (TPSA) is 40.5 Å². The fourth-order valence-corrected chi connectivity index (χ4v) is 3.13. The maximum Gasteiger partial charge on any atom is 0.0468 e. The van der Waals surface area contributed by atoms with E-state index < -0.39 is 0 Å². The van der Waals surface area contributed by atoms with Gasteiger partial charge in [-0.1, -0.05) is 48.6 Å². The Labute approximate surface area is 115 Å². The summed E-state index contributed by atoms with van der Waals surface area (Å²) in [7, 11) is 0. The van der Waals surface area contributed by atoms with Gasteiger partial charge in [-0.3, -0.25) is 0 Å². The Morgan fingerprint density at radius 1 is 1.05 bits per heavy atom. The van der Waals surface area contributed by atoms with Gasteiger partial charge in [0.25, 0.3) is 0 Å². The fourth-order valence-electron chi connectivity index (χ4n) is 3.13. The van der Waals surface area contributed by atoms with Crippen LogP contribution in [0.4, 0.5) is 0 Å². The summed E-state index contributed by atoms with van der Waals surface area (Å²) in [4.78, 5) is 0. The first-order valence-electron chi connectivity index (χ1n) is 6.87. The minimum Gasteiger partial charge on any atom is -0.396 e. The van der Waals surface area contributed by atoms with Crippen molar-refractivity contribution in [2.24, 2.45) is 23.7 Å². The molecule has 0 heterocycles. The van der Waals surface area contributed by atoms with Gasteiger partial charge in [-0.25, -0.2) is 0 Å². The molecule has 2 heteroatoms. The number of hydrogen-bond donors (Lipinski definition) is 2. The Hall–Kier alpha value is -1.38. The van der Waals surface area contributed by atoms with Crippen molar-refractivity contribution in [1.82, 2.24) is 0 Å². The Bertz CT molecular complexity index is 424. The molecule has 1 saturated carbocycles. The van der Waals surface area contributed by atoms with Gasteiger partial charge in [-0.2, -0.15) is 0 Å². The van der Waals surface area contributed by atoms with Crippen LogP contribution in [0.5, 0.6) is 0 Å². The van der Waals surface area contributed by atoms with E-state index in [1.165, 1.54) is 5.56 Å². The van der Waals surface area contributed by atoms with Crippen molar-refractivity contribution in [3.8, 4) is 0 Å². The smallest absolute Gasteiger partial charge is 0.0468 e. The van der Waals surface area contributed by atoms with Gasteiger partial charge in [0.2, 0.25) is 0 Å². The first-order valence-corrected chi connectivity index (χ1v) is 6.87. The highest BCUT2D eigenvalue weighted by molar-refractivity contribution is 5.49. The molecule has 2 nitrogen and oxygen atoms in total. The molecule has 1 aliphatic rings. The van der Waals surface area contributed by atoms with Gasteiger partial charge in [0.1, 0.15) is 0 Å². The van der Waals surface area contributed by atoms with E-state index in [0.717, 1.165) is 6.42 Å². The van der Waals surface area contributed by atoms with E-state index in [4.69, 9.17) is 0 Å². The first-order chi connectivity index (χ1) is 9.30. The largest absolute Gasteiger partial charge is 0.396 e. The predicted molar refractivity (Wildman–Crippen MR) is 78.4 cm³/mol. The number of rotatable bonds is 5. The maximum atomic E-state index is 9.57. The van der Waals surface area contributed by atoms with Gasteiger partial charge >= 0.3 is 0 Å². The lowest BCUT2D eigenvalue weighted by molar-refractivity contribution is 0.118. The van der Waals surface area contributed by atoms with Crippen LogP contribution in [0.25, 0.3) is 6.08 Å². The zero-order valence-corrected chi connectivity index (χ0v) is 11.2. The highest BCUT2D eigenvalue weighted by atomic mass is 16.3. The van der Waals surface area contributed by atoms with E-state index in [-0.39, 0.29) is 25.0 Å². The summed E-state index contributed by atoms with van der Waals surface area (Å²) < 4.78 is 0. The fraction of sp³-hybridized carbons (Fsp3) is 0.412. The standard InChI is InChI=1S/C17H22O2/c1-2-14-10-15(17(12-19)16(14)11-18)9-8-13-6-4-3-5-7-13/h2-9,14-19H,1,10-12H2/b9-8-/t14-,15+,16+,17?/m1/s1. The second kappa shape index (κ2) is 6.69. The Kier molecular flexibility index (Phi) is 4.94. The minimum atomic E-state index is 0.123. The zero-order chi connectivity index (χ0) is 13.7. The van der Waals surface area contributed by atoms with Gasteiger partial charge in [0.05, 0.1) is 0 Å². The van der Waals surface area contributed by atoms with Crippen LogP contribution in [-0.4, -0.2) is 23.4 Å². The summed E-state index contributed by atoms with van der Waals surface area (Å²) in [6.45, 7) is 4.09. The molecule has 0 radical (unpaired) electrons. The van der Waals surface area contributed by atoms with Gasteiger partial charge in [-0.15, -0.1) is 6.58 Å². The molecule has 0 aliphatic heterocycles. The lowest BCUT2D eigenvalue weighted by Crippen LogP contribution is -2.23. The molecule has 0 amide bonds. The van der Waals surface area contributed by atoms with E-state index in [9.17, 15) is 10.2 Å². The van der Waals surface area contributed by atoms with Crippen LogP contribution in [0.3, 0.4) is 0 Å². The molecular weight excluding hydrogens is 236 g/mol. The Balaban J connectivity index is 2.11. The summed E-state index contributed by atoms with van der Waals surface area (Å²) in [6.07, 6.45) is 7.15. The maximum absolute atomic E-state index is 9.57. The summed E-state index contributed by atoms with van der Waals surface area (Å²) in [6, 6.07) is 10.2. The second-order valence-corrected chi connectivity index (χ2v) is 5.26. The summed E-state index contributed by atoms with van der Waals surface area (Å²) in [5, 5.41) is 19.1. The predicted octanol–water partition coefficient (Wildman–Crippen LogP) is 2.74. The normalized spacial score (nSPS) is 30.8. The van der Waals surface area contributed by atoms with Crippen molar-refractivity contribution >= 4 is 6.08 Å². The van der Waals surface area contributed by atoms with Crippen molar-refractivity contribution in [2.45, 2.75) is 6.42 Å². The molecule has 0 aromatic heterocycles. The quantitative estimate of drug-likeness (QED) is 0.797. The van der Waals surface area contributed by atoms with Crippen molar-refractivity contribution in [1.29, 1.82) is 0 Å². The molecular formula is C17H22O2. The second-order valence-electron chi connectivity index (χ2n) is 5.26. The number of aliphatic hydroxyl groups excluding tert-OH is 2. The van der Waals surface area contributed by atoms with Crippen molar-refractivity contribution in [3.05, 3.63) is 54.6 Å². The number of hydrogen-bond acceptors (Lipinski definition) is 2. The van der Waals surface area contributed by atoms with Crippen LogP contribution in [0, 0.1) is 23.7 Å². The summed E-state index contributed by atoms with van der Waals surface area (Å²) >= 11 is 0. The molecule has 2 rings (SSSR count). The van der Waals surface area contributed by atoms with Gasteiger partial charge in [0, 0.05) is 13.2 Å². The third kappa shape index (κ3) is 3.14. The molecule has 1 aromatic rings. The van der Waals surface area contributed by atoms with Crippen LogP contribution in [0.15, 0.2) is 49.1 Å². The average molecular weight is 258 g/mol. The summed E-state index contributed by atoms with van der Waals surface area (Å²) in [5.41, 5.74) is 1.17. The summed E-state index contributed by atoms with van der Waals surface area (Å²) in [5.74, 6) is 0.874. The average Bonchev–Trinajstić information content (AvgIpc) is 2.82. The van der Waals surface area contributed by atoms with E-state index in [1.807, 2.05) is 24.3 Å². The van der Waals surface area contributed by atoms with Gasteiger partial charge in [0.15, 0.2) is 0 Å². The first kappa shape index (κ1) is 14.0. The monoisotopic (exact) mass is 258 g/mol. The molecule has 4 atom stereocenters. The number of benzene rings is 1. The molecule has 0 bridgehead atoms. The highest BCUT2D eigenvalue weighted by Gasteiger charge is 2.39. The number of aliphatic hydroxyl groups is 2. The lowest BCUT2D eigenvalue weighted by atomic mass is 9.88. The molecule has 2 N–H and O–H groups in total. The molecule has 19 heavy (non-hydrogen) atoms. The molecule has 102 valence electrons. The highest BCUT2D eigenvalue weighted by Crippen LogP contribution is 2.42. The third-order valence-corrected chi connectivity index (χ3v) is 4.25. The van der Waals surface area contributed by atoms with Crippen LogP contribution in [0.2, 0.25) is 0 Å². The minimum absolute atomic E-state index is 0.123. The van der Waals surface area contributed by atoms with Crippen molar-refractivity contribution < 1.29 is 10.2 Å². The van der Waals surface area contributed by atoms with E-state index in [0.29, 0.717) is 11.8 Å². The molecule has 1 unspecified atom stereocenters. The molecule has 0 saturated heterocycles. The van der Waals surface area contributed by atoms with Crippen LogP contribution >= 0.6 is 0 Å². The molecule has 1 aliphatic carbocycles. The number of allylic oxidation sites excluding steroid dienone is 2. The van der Waals surface area contributed by atoms with E-state index in [1.54, 1.807) is 0 Å². The molecule has 1 fully saturated rings. The Morgan fingerprint density at radius 2 is 1.68 bits per heavy atom. The zero-order valence-electron chi connectivity index (χ0n) is 11.2. The van der Waals surface area contributed by atoms with Gasteiger partial charge < -0.3 is 10.2 Å². The Morgan fingerprint density at radius 3 is 2.26 bits per heavy atom. The van der Waals surface area contributed by atoms with E-state index >= 15 is 0 Å². The van der Waals surface area contributed by atoms with Crippen molar-refractivity contribution in [2.75, 3.05) is 13.2 Å². The molecule has 1 aromatic carbocycles. The SMILES string of the molecule is C=C[C@@H]1C[C@H](/C=C\c2ccccc2)C(CO)[C@H]1CO. The third-order valence-electron chi connectivity index (χ3n) is 4.25. The lowest BCUT2D eigenvalue weighted by Gasteiger charge is -2.20. The van der Waals surface area contributed by atoms with Crippen LogP contribution in [0.1, 0.15) is 12.0 Å². The van der Waals surface area contributed by atoms with Gasteiger partial charge in [-0.05, 0) is 35.7 Å². The van der Waals surface area contributed by atoms with Crippen LogP contribution in [-0.2, 0) is 0 Å².